The number of likely N-dealkylation sites (N-methyl/N-ethyl adjacent to an activating group) is 2. The van der Waals surface area contributed by atoms with E-state index in [1.165, 1.54) is 0 Å². The van der Waals surface area contributed by atoms with Crippen LogP contribution >= 0.6 is 0 Å². The van der Waals surface area contributed by atoms with Crippen molar-refractivity contribution in [3.05, 3.63) is 0 Å². The predicted octanol–water partition coefficient (Wildman–Crippen LogP) is -4.39. The van der Waals surface area contributed by atoms with Gasteiger partial charge < -0.3 is 0 Å². The molecule has 4 unspecified atom stereocenters. The van der Waals surface area contributed by atoms with Crippen molar-refractivity contribution in [2.24, 2.45) is 0 Å². The molecule has 0 aromatic carbocycles. The van der Waals surface area contributed by atoms with Gasteiger partial charge in [-0.2, -0.15) is 0 Å². The van der Waals surface area contributed by atoms with Crippen molar-refractivity contribution in [3.8, 4) is 0 Å². The summed E-state index contributed by atoms with van der Waals surface area (Å²) in [6.45, 7) is 4.34. The average Bonchev–Trinajstić information content (AvgIpc) is 2.84. The molecule has 2 heterocycles. The van der Waals surface area contributed by atoms with E-state index in [-0.39, 0.29) is 37.0 Å². The zero-order valence-electron chi connectivity index (χ0n) is 11.7. The Morgan fingerprint density at radius 3 is 2.84 bits per heavy atom. The number of carbonyl (C=O) groups is 1. The number of fused-ring (bicyclic) bond motifs is 1. The summed E-state index contributed by atoms with van der Waals surface area (Å²) in [7, 11) is 3.87. The first-order valence-corrected chi connectivity index (χ1v) is 8.39. The van der Waals surface area contributed by atoms with Gasteiger partial charge in [-0.1, -0.05) is 0 Å². The SMILES string of the molecule is CC(CO)OCN1[I-]NC2C(=O)N(C)C(C)N(C)C21. The number of rotatable bonds is 4. The second kappa shape index (κ2) is 6.19. The number of amides is 1. The van der Waals surface area contributed by atoms with Crippen LogP contribution < -0.4 is 25.3 Å². The van der Waals surface area contributed by atoms with Gasteiger partial charge in [0.2, 0.25) is 0 Å². The van der Waals surface area contributed by atoms with Crippen LogP contribution in [-0.4, -0.2) is 75.8 Å². The molecule has 2 saturated heterocycles. The van der Waals surface area contributed by atoms with Crippen molar-refractivity contribution in [1.29, 1.82) is 0 Å². The van der Waals surface area contributed by atoms with Crippen LogP contribution in [0.2, 0.25) is 0 Å². The Morgan fingerprint density at radius 2 is 2.21 bits per heavy atom. The monoisotopic (exact) mass is 385 g/mol. The van der Waals surface area contributed by atoms with Gasteiger partial charge in [-0.3, -0.25) is 0 Å². The number of aliphatic hydroxyl groups is 1. The number of nitrogens with zero attached hydrogens (tertiary/aromatic N) is 3. The molecule has 1 amide bonds. The standard InChI is InChI=1S/C11H22IN4O3/c1-7(5-17)19-6-16-10-9(13-12-16)11(18)15(4)8(2)14(10)3/h7-10,13,17H,5-6H2,1-4H3/q-1. The van der Waals surface area contributed by atoms with Crippen molar-refractivity contribution in [1.82, 2.24) is 16.4 Å². The van der Waals surface area contributed by atoms with Crippen LogP contribution in [0, 0.1) is 0 Å². The van der Waals surface area contributed by atoms with Gasteiger partial charge in [-0.15, -0.1) is 0 Å². The molecule has 0 radical (unpaired) electrons. The van der Waals surface area contributed by atoms with Gasteiger partial charge >= 0.3 is 124 Å². The quantitative estimate of drug-likeness (QED) is 0.377. The van der Waals surface area contributed by atoms with E-state index in [1.54, 1.807) is 4.90 Å². The second-order valence-electron chi connectivity index (χ2n) is 5.02. The van der Waals surface area contributed by atoms with Crippen molar-refractivity contribution in [2.75, 3.05) is 27.4 Å². The first-order chi connectivity index (χ1) is 8.97. The normalized spacial score (nSPS) is 35.1. The molecule has 0 aliphatic carbocycles. The maximum atomic E-state index is 12.2. The topological polar surface area (TPSA) is 68.3 Å². The molecule has 0 aromatic rings. The number of aliphatic hydroxyl groups excluding tert-OH is 1. The van der Waals surface area contributed by atoms with Crippen LogP contribution in [0.15, 0.2) is 0 Å². The molecule has 19 heavy (non-hydrogen) atoms. The van der Waals surface area contributed by atoms with E-state index < -0.39 is 21.8 Å². The van der Waals surface area contributed by atoms with Gasteiger partial charge in [-0.05, 0) is 0 Å². The number of carbonyl (C=O) groups excluding carboxylic acids is 1. The second-order valence-corrected chi connectivity index (χ2v) is 7.36. The molecular formula is C11H22IN4O3-. The molecule has 2 aliphatic heterocycles. The molecule has 7 nitrogen and oxygen atoms in total. The summed E-state index contributed by atoms with van der Waals surface area (Å²) >= 11 is -0.420. The Morgan fingerprint density at radius 1 is 1.53 bits per heavy atom. The summed E-state index contributed by atoms with van der Waals surface area (Å²) in [6, 6.07) is -0.160. The number of halogens is 1. The third-order valence-corrected chi connectivity index (χ3v) is 6.20. The molecule has 0 saturated carbocycles. The fourth-order valence-corrected chi connectivity index (χ4v) is 4.79. The van der Waals surface area contributed by atoms with Gasteiger partial charge in [0.25, 0.3) is 0 Å². The van der Waals surface area contributed by atoms with Crippen LogP contribution in [0.25, 0.3) is 0 Å². The van der Waals surface area contributed by atoms with Crippen molar-refractivity contribution < 1.29 is 36.4 Å². The molecular weight excluding hydrogens is 363 g/mol. The first kappa shape index (κ1) is 15.4. The molecule has 8 heteroatoms. The van der Waals surface area contributed by atoms with E-state index in [9.17, 15) is 4.79 Å². The van der Waals surface area contributed by atoms with Gasteiger partial charge in [0.1, 0.15) is 0 Å². The van der Waals surface area contributed by atoms with Crippen molar-refractivity contribution >= 4 is 5.91 Å². The molecule has 2 rings (SSSR count). The van der Waals surface area contributed by atoms with Crippen molar-refractivity contribution in [2.45, 2.75) is 38.3 Å². The van der Waals surface area contributed by atoms with E-state index in [0.717, 1.165) is 0 Å². The van der Waals surface area contributed by atoms with Gasteiger partial charge in [0, 0.05) is 0 Å². The number of hydrogen-bond acceptors (Lipinski definition) is 6. The van der Waals surface area contributed by atoms with E-state index in [1.807, 2.05) is 27.9 Å². The Hall–Kier alpha value is -0.0000000000000000763. The summed E-state index contributed by atoms with van der Waals surface area (Å²) in [4.78, 5) is 16.2. The van der Waals surface area contributed by atoms with E-state index in [4.69, 9.17) is 9.84 Å². The van der Waals surface area contributed by atoms with E-state index >= 15 is 0 Å². The van der Waals surface area contributed by atoms with Crippen LogP contribution in [0.5, 0.6) is 0 Å². The molecule has 4 atom stereocenters. The molecule has 2 N–H and O–H groups in total. The Balaban J connectivity index is 2.04. The fourth-order valence-electron chi connectivity index (χ4n) is 2.24. The first-order valence-electron chi connectivity index (χ1n) is 6.34. The maximum absolute atomic E-state index is 12.2. The fraction of sp³-hybridized carbons (Fsp3) is 0.909. The molecule has 2 aliphatic rings. The average molecular weight is 385 g/mol. The zero-order chi connectivity index (χ0) is 14.2. The van der Waals surface area contributed by atoms with Crippen LogP contribution in [-0.2, 0) is 9.53 Å². The molecule has 112 valence electrons. The molecule has 0 spiro atoms. The Labute approximate surface area is 124 Å². The minimum atomic E-state index is -0.420. The third kappa shape index (κ3) is 2.88. The van der Waals surface area contributed by atoms with Gasteiger partial charge in [0.05, 0.1) is 0 Å². The van der Waals surface area contributed by atoms with E-state index in [2.05, 4.69) is 11.5 Å². The molecule has 2 fully saturated rings. The summed E-state index contributed by atoms with van der Waals surface area (Å²) in [5.74, 6) is 0.146. The van der Waals surface area contributed by atoms with Crippen LogP contribution in [0.3, 0.4) is 0 Å². The number of hydrogen-bond donors (Lipinski definition) is 2. The van der Waals surface area contributed by atoms with Crippen molar-refractivity contribution in [3.63, 3.8) is 0 Å². The van der Waals surface area contributed by atoms with Gasteiger partial charge in [0.15, 0.2) is 0 Å². The zero-order valence-corrected chi connectivity index (χ0v) is 13.9. The third-order valence-electron chi connectivity index (χ3n) is 3.78. The van der Waals surface area contributed by atoms with Crippen LogP contribution in [0.1, 0.15) is 13.8 Å². The number of ether oxygens (including phenoxy) is 1. The predicted molar refractivity (Wildman–Crippen MR) is 65.0 cm³/mol. The van der Waals surface area contributed by atoms with E-state index in [0.29, 0.717) is 6.73 Å². The molecule has 0 aromatic heterocycles. The summed E-state index contributed by atoms with van der Waals surface area (Å²) in [5, 5.41) is 8.99. The summed E-state index contributed by atoms with van der Waals surface area (Å²) in [5.41, 5.74) is 0. The summed E-state index contributed by atoms with van der Waals surface area (Å²) < 4.78 is 11.1. The Bertz CT molecular complexity index is 346. The number of nitrogens with one attached hydrogen (secondary N) is 1. The molecule has 0 bridgehead atoms. The summed E-state index contributed by atoms with van der Waals surface area (Å²) in [6.07, 6.45) is -0.0411. The van der Waals surface area contributed by atoms with Crippen LogP contribution in [0.4, 0.5) is 0 Å². The van der Waals surface area contributed by atoms with Gasteiger partial charge in [-0.25, -0.2) is 0 Å². The minimum absolute atomic E-state index is 0.0155. The Kier molecular flexibility index (Phi) is 5.01.